The Morgan fingerprint density at radius 3 is 2.29 bits per heavy atom. The molecule has 4 nitrogen and oxygen atoms in total. The fourth-order valence-corrected chi connectivity index (χ4v) is 2.13. The molecule has 2 N–H and O–H groups in total. The first-order valence-electron chi connectivity index (χ1n) is 6.82. The lowest BCUT2D eigenvalue weighted by atomic mass is 10.1. The molecule has 0 spiro atoms. The van der Waals surface area contributed by atoms with Gasteiger partial charge >= 0.3 is 11.8 Å². The number of carbonyl (C=O) groups excluding carboxylic acids is 2. The lowest BCUT2D eigenvalue weighted by Gasteiger charge is -2.15. The van der Waals surface area contributed by atoms with Crippen LogP contribution in [0.2, 0.25) is 0 Å². The summed E-state index contributed by atoms with van der Waals surface area (Å²) in [6.07, 6.45) is 8.75. The fourth-order valence-electron chi connectivity index (χ4n) is 2.13. The molecule has 1 aliphatic carbocycles. The molecular formula is C13H24N2O2. The van der Waals surface area contributed by atoms with Crippen LogP contribution in [-0.4, -0.2) is 24.4 Å². The van der Waals surface area contributed by atoms with E-state index in [2.05, 4.69) is 17.6 Å². The van der Waals surface area contributed by atoms with Crippen molar-refractivity contribution >= 4 is 11.8 Å². The summed E-state index contributed by atoms with van der Waals surface area (Å²) in [4.78, 5) is 23.0. The molecule has 1 fully saturated rings. The molecule has 0 atom stereocenters. The van der Waals surface area contributed by atoms with E-state index in [9.17, 15) is 9.59 Å². The van der Waals surface area contributed by atoms with E-state index in [0.717, 1.165) is 38.5 Å². The Balaban J connectivity index is 2.24. The Morgan fingerprint density at radius 2 is 1.71 bits per heavy atom. The molecule has 0 unspecified atom stereocenters. The van der Waals surface area contributed by atoms with E-state index in [1.807, 2.05) is 0 Å². The Bertz CT molecular complexity index is 246. The summed E-state index contributed by atoms with van der Waals surface area (Å²) in [6, 6.07) is 0.196. The highest BCUT2D eigenvalue weighted by Gasteiger charge is 2.18. The minimum Gasteiger partial charge on any atom is -0.348 e. The van der Waals surface area contributed by atoms with Crippen molar-refractivity contribution in [3.63, 3.8) is 0 Å². The molecule has 0 radical (unpaired) electrons. The van der Waals surface area contributed by atoms with Crippen molar-refractivity contribution in [1.82, 2.24) is 10.6 Å². The van der Waals surface area contributed by atoms with E-state index < -0.39 is 11.8 Å². The van der Waals surface area contributed by atoms with Crippen LogP contribution in [0.25, 0.3) is 0 Å². The number of amides is 2. The van der Waals surface area contributed by atoms with Gasteiger partial charge in [0.1, 0.15) is 0 Å². The highest BCUT2D eigenvalue weighted by molar-refractivity contribution is 6.35. The van der Waals surface area contributed by atoms with E-state index >= 15 is 0 Å². The van der Waals surface area contributed by atoms with Crippen molar-refractivity contribution in [2.45, 2.75) is 64.3 Å². The first-order chi connectivity index (χ1) is 8.24. The molecule has 98 valence electrons. The fraction of sp³-hybridized carbons (Fsp3) is 0.846. The van der Waals surface area contributed by atoms with E-state index in [0.29, 0.717) is 6.54 Å². The predicted octanol–water partition coefficient (Wildman–Crippen LogP) is 1.74. The molecule has 1 saturated carbocycles. The molecule has 0 aromatic carbocycles. The van der Waals surface area contributed by atoms with Gasteiger partial charge in [-0.1, -0.05) is 39.0 Å². The molecular weight excluding hydrogens is 216 g/mol. The second-order valence-corrected chi connectivity index (χ2v) is 4.77. The Labute approximate surface area is 104 Å². The molecule has 1 aliphatic rings. The third kappa shape index (κ3) is 5.71. The summed E-state index contributed by atoms with van der Waals surface area (Å²) in [5.41, 5.74) is 0. The summed E-state index contributed by atoms with van der Waals surface area (Å²) in [5, 5.41) is 5.47. The van der Waals surface area contributed by atoms with Gasteiger partial charge in [0.05, 0.1) is 0 Å². The smallest absolute Gasteiger partial charge is 0.309 e. The first-order valence-corrected chi connectivity index (χ1v) is 6.82. The lowest BCUT2D eigenvalue weighted by molar-refractivity contribution is -0.139. The largest absolute Gasteiger partial charge is 0.348 e. The van der Waals surface area contributed by atoms with E-state index in [1.165, 1.54) is 12.8 Å². The van der Waals surface area contributed by atoms with E-state index in [-0.39, 0.29) is 6.04 Å². The molecule has 0 heterocycles. The second-order valence-electron chi connectivity index (χ2n) is 4.77. The maximum atomic E-state index is 11.6. The van der Waals surface area contributed by atoms with Gasteiger partial charge in [0.2, 0.25) is 0 Å². The summed E-state index contributed by atoms with van der Waals surface area (Å²) < 4.78 is 0. The van der Waals surface area contributed by atoms with Crippen LogP contribution in [0.5, 0.6) is 0 Å². The van der Waals surface area contributed by atoms with Crippen molar-refractivity contribution in [1.29, 1.82) is 0 Å². The second kappa shape index (κ2) is 8.09. The lowest BCUT2D eigenvalue weighted by Crippen LogP contribution is -2.44. The standard InChI is InChI=1S/C13H24N2O2/c1-2-3-10-14-12(16)13(17)15-11-8-6-4-5-7-9-11/h11H,2-10H2,1H3,(H,14,16)(H,15,17). The van der Waals surface area contributed by atoms with Gasteiger partial charge < -0.3 is 10.6 Å². The van der Waals surface area contributed by atoms with Gasteiger partial charge in [0, 0.05) is 12.6 Å². The number of carbonyl (C=O) groups is 2. The molecule has 4 heteroatoms. The summed E-state index contributed by atoms with van der Waals surface area (Å²) in [6.45, 7) is 2.64. The van der Waals surface area contributed by atoms with Crippen molar-refractivity contribution in [2.24, 2.45) is 0 Å². The predicted molar refractivity (Wildman–Crippen MR) is 67.6 cm³/mol. The number of unbranched alkanes of at least 4 members (excludes halogenated alkanes) is 1. The van der Waals surface area contributed by atoms with E-state index in [4.69, 9.17) is 0 Å². The quantitative estimate of drug-likeness (QED) is 0.447. The van der Waals surface area contributed by atoms with E-state index in [1.54, 1.807) is 0 Å². The molecule has 2 amide bonds. The average molecular weight is 240 g/mol. The van der Waals surface area contributed by atoms with Gasteiger partial charge in [-0.2, -0.15) is 0 Å². The molecule has 0 aromatic heterocycles. The van der Waals surface area contributed by atoms with Crippen molar-refractivity contribution in [3.05, 3.63) is 0 Å². The normalized spacial score (nSPS) is 17.2. The topological polar surface area (TPSA) is 58.2 Å². The van der Waals surface area contributed by atoms with Crippen molar-refractivity contribution in [3.8, 4) is 0 Å². The van der Waals surface area contributed by atoms with Crippen LogP contribution in [0.1, 0.15) is 58.3 Å². The van der Waals surface area contributed by atoms with Crippen LogP contribution in [0, 0.1) is 0 Å². The summed E-state index contributed by atoms with van der Waals surface area (Å²) in [7, 11) is 0. The van der Waals surface area contributed by atoms with Crippen LogP contribution in [0.3, 0.4) is 0 Å². The highest BCUT2D eigenvalue weighted by Crippen LogP contribution is 2.16. The molecule has 0 bridgehead atoms. The number of hydrogen-bond donors (Lipinski definition) is 2. The van der Waals surface area contributed by atoms with Crippen LogP contribution in [-0.2, 0) is 9.59 Å². The Hall–Kier alpha value is -1.06. The van der Waals surface area contributed by atoms with Gasteiger partial charge in [-0.15, -0.1) is 0 Å². The zero-order valence-corrected chi connectivity index (χ0v) is 10.8. The zero-order valence-electron chi connectivity index (χ0n) is 10.8. The zero-order chi connectivity index (χ0) is 12.5. The van der Waals surface area contributed by atoms with Crippen LogP contribution >= 0.6 is 0 Å². The molecule has 0 saturated heterocycles. The van der Waals surface area contributed by atoms with Crippen LogP contribution < -0.4 is 10.6 Å². The van der Waals surface area contributed by atoms with Gasteiger partial charge in [0.25, 0.3) is 0 Å². The monoisotopic (exact) mass is 240 g/mol. The Kier molecular flexibility index (Phi) is 6.67. The van der Waals surface area contributed by atoms with Crippen LogP contribution in [0.4, 0.5) is 0 Å². The van der Waals surface area contributed by atoms with Gasteiger partial charge in [-0.05, 0) is 19.3 Å². The maximum absolute atomic E-state index is 11.6. The minimum absolute atomic E-state index is 0.196. The molecule has 1 rings (SSSR count). The molecule has 17 heavy (non-hydrogen) atoms. The Morgan fingerprint density at radius 1 is 1.06 bits per heavy atom. The van der Waals surface area contributed by atoms with Crippen molar-refractivity contribution in [2.75, 3.05) is 6.54 Å². The van der Waals surface area contributed by atoms with Crippen LogP contribution in [0.15, 0.2) is 0 Å². The van der Waals surface area contributed by atoms with Crippen molar-refractivity contribution < 1.29 is 9.59 Å². The van der Waals surface area contributed by atoms with Gasteiger partial charge in [-0.3, -0.25) is 9.59 Å². The van der Waals surface area contributed by atoms with Gasteiger partial charge in [-0.25, -0.2) is 0 Å². The molecule has 0 aromatic rings. The number of hydrogen-bond acceptors (Lipinski definition) is 2. The maximum Gasteiger partial charge on any atom is 0.309 e. The first kappa shape index (κ1) is 14.0. The number of rotatable bonds is 4. The summed E-state index contributed by atoms with van der Waals surface area (Å²) >= 11 is 0. The van der Waals surface area contributed by atoms with Gasteiger partial charge in [0.15, 0.2) is 0 Å². The molecule has 0 aliphatic heterocycles. The minimum atomic E-state index is -0.484. The summed E-state index contributed by atoms with van der Waals surface area (Å²) in [5.74, 6) is -0.948. The third-order valence-electron chi connectivity index (χ3n) is 3.21. The third-order valence-corrected chi connectivity index (χ3v) is 3.21. The highest BCUT2D eigenvalue weighted by atomic mass is 16.2. The SMILES string of the molecule is CCCCNC(=O)C(=O)NC1CCCCCC1. The average Bonchev–Trinajstić information content (AvgIpc) is 2.57. The number of nitrogens with one attached hydrogen (secondary N) is 2.